The van der Waals surface area contributed by atoms with Crippen LogP contribution >= 0.6 is 0 Å². The number of likely N-dealkylation sites (N-methyl/N-ethyl adjacent to an activating group) is 1. The number of likely N-dealkylation sites (tertiary alicyclic amines) is 1. The maximum absolute atomic E-state index is 14.2. The summed E-state index contributed by atoms with van der Waals surface area (Å²) in [5, 5.41) is 6.94. The highest BCUT2D eigenvalue weighted by Crippen LogP contribution is 2.47. The van der Waals surface area contributed by atoms with Crippen LogP contribution in [0.1, 0.15) is 54.1 Å². The van der Waals surface area contributed by atoms with E-state index in [1.165, 1.54) is 5.56 Å². The molecule has 1 saturated carbocycles. The minimum absolute atomic E-state index is 0.0468. The van der Waals surface area contributed by atoms with Crippen molar-refractivity contribution in [3.63, 3.8) is 0 Å². The molecule has 5 atom stereocenters. The van der Waals surface area contributed by atoms with Gasteiger partial charge >= 0.3 is 0 Å². The average molecular weight is 546 g/mol. The molecule has 2 aromatic carbocycles. The number of methoxy groups -OCH3 is 1. The number of carbonyl (C=O) groups is 2. The van der Waals surface area contributed by atoms with E-state index in [4.69, 9.17) is 4.74 Å². The van der Waals surface area contributed by atoms with Gasteiger partial charge in [0, 0.05) is 68.7 Å². The number of anilines is 2. The second kappa shape index (κ2) is 11.8. The Bertz CT molecular complexity index is 1200. The van der Waals surface area contributed by atoms with Gasteiger partial charge in [0.1, 0.15) is 0 Å². The van der Waals surface area contributed by atoms with Gasteiger partial charge in [0.25, 0.3) is 5.91 Å². The second-order valence-electron chi connectivity index (χ2n) is 12.0. The molecule has 2 amide bonds. The molecule has 2 saturated heterocycles. The van der Waals surface area contributed by atoms with Gasteiger partial charge in [0.15, 0.2) is 0 Å². The van der Waals surface area contributed by atoms with Crippen LogP contribution in [0.5, 0.6) is 0 Å². The molecule has 6 rings (SSSR count). The highest BCUT2D eigenvalue weighted by Gasteiger charge is 2.48. The third-order valence-electron chi connectivity index (χ3n) is 9.61. The molecular formula is C32H43N5O3. The Hall–Kier alpha value is -3.10. The third-order valence-corrected chi connectivity index (χ3v) is 9.61. The molecule has 1 aliphatic carbocycles. The molecule has 0 aromatic heterocycles. The molecule has 40 heavy (non-hydrogen) atoms. The van der Waals surface area contributed by atoms with E-state index in [1.54, 1.807) is 7.11 Å². The smallest absolute Gasteiger partial charge is 0.251 e. The Labute approximate surface area is 238 Å². The van der Waals surface area contributed by atoms with Gasteiger partial charge in [-0.05, 0) is 62.2 Å². The van der Waals surface area contributed by atoms with Crippen molar-refractivity contribution in [2.45, 2.75) is 50.2 Å². The summed E-state index contributed by atoms with van der Waals surface area (Å²) >= 11 is 0. The minimum Gasteiger partial charge on any atom is -0.383 e. The number of piperazine rings is 1. The summed E-state index contributed by atoms with van der Waals surface area (Å²) in [6.07, 6.45) is 4.67. The van der Waals surface area contributed by atoms with Crippen LogP contribution in [0.4, 0.5) is 11.4 Å². The van der Waals surface area contributed by atoms with Crippen molar-refractivity contribution < 1.29 is 14.3 Å². The van der Waals surface area contributed by atoms with Gasteiger partial charge in [0.2, 0.25) is 5.91 Å². The zero-order valence-corrected chi connectivity index (χ0v) is 23.9. The van der Waals surface area contributed by atoms with Gasteiger partial charge in [-0.3, -0.25) is 9.59 Å². The first-order chi connectivity index (χ1) is 19.5. The van der Waals surface area contributed by atoms with Gasteiger partial charge in [-0.1, -0.05) is 31.0 Å². The lowest BCUT2D eigenvalue weighted by molar-refractivity contribution is -0.139. The van der Waals surface area contributed by atoms with Crippen molar-refractivity contribution in [2.24, 2.45) is 11.8 Å². The van der Waals surface area contributed by atoms with Gasteiger partial charge < -0.3 is 30.1 Å². The number of carbonyl (C=O) groups excluding carboxylic acids is 2. The van der Waals surface area contributed by atoms with E-state index >= 15 is 0 Å². The lowest BCUT2D eigenvalue weighted by Crippen LogP contribution is -2.50. The molecule has 3 aliphatic heterocycles. The Morgan fingerprint density at radius 3 is 2.48 bits per heavy atom. The third kappa shape index (κ3) is 5.31. The van der Waals surface area contributed by atoms with Crippen LogP contribution < -0.4 is 15.5 Å². The molecule has 0 bridgehead atoms. The number of hydrogen-bond acceptors (Lipinski definition) is 6. The van der Waals surface area contributed by atoms with E-state index in [1.807, 2.05) is 18.2 Å². The van der Waals surface area contributed by atoms with Crippen molar-refractivity contribution in [1.29, 1.82) is 0 Å². The van der Waals surface area contributed by atoms with Crippen LogP contribution in [0.25, 0.3) is 0 Å². The van der Waals surface area contributed by atoms with Crippen LogP contribution in [-0.4, -0.2) is 87.2 Å². The molecule has 8 nitrogen and oxygen atoms in total. The highest BCUT2D eigenvalue weighted by molar-refractivity contribution is 5.95. The Morgan fingerprint density at radius 2 is 1.70 bits per heavy atom. The predicted molar refractivity (Wildman–Crippen MR) is 158 cm³/mol. The summed E-state index contributed by atoms with van der Waals surface area (Å²) in [5.74, 6) is 0.232. The number of benzene rings is 2. The molecule has 3 fully saturated rings. The zero-order valence-electron chi connectivity index (χ0n) is 23.9. The minimum atomic E-state index is -0.191. The number of fused-ring (bicyclic) bond motifs is 3. The zero-order chi connectivity index (χ0) is 27.6. The van der Waals surface area contributed by atoms with E-state index < -0.39 is 0 Å². The summed E-state index contributed by atoms with van der Waals surface area (Å²) in [7, 11) is 3.89. The molecule has 2 aromatic rings. The maximum atomic E-state index is 14.2. The summed E-state index contributed by atoms with van der Waals surface area (Å²) in [4.78, 5) is 34.4. The van der Waals surface area contributed by atoms with Crippen LogP contribution in [-0.2, 0) is 9.53 Å². The largest absolute Gasteiger partial charge is 0.383 e. The molecule has 0 unspecified atom stereocenters. The predicted octanol–water partition coefficient (Wildman–Crippen LogP) is 3.76. The summed E-state index contributed by atoms with van der Waals surface area (Å²) < 4.78 is 5.55. The quantitative estimate of drug-likeness (QED) is 0.576. The molecule has 3 heterocycles. The number of hydrogen-bond donors (Lipinski definition) is 2. The number of para-hydroxylation sites is 1. The number of ether oxygens (including phenoxy) is 1. The van der Waals surface area contributed by atoms with E-state index in [0.29, 0.717) is 18.1 Å². The number of rotatable bonds is 6. The topological polar surface area (TPSA) is 77.1 Å². The van der Waals surface area contributed by atoms with Gasteiger partial charge in [-0.2, -0.15) is 0 Å². The monoisotopic (exact) mass is 545 g/mol. The fourth-order valence-corrected chi connectivity index (χ4v) is 7.37. The highest BCUT2D eigenvalue weighted by atomic mass is 16.5. The Balaban J connectivity index is 1.16. The van der Waals surface area contributed by atoms with E-state index in [0.717, 1.165) is 76.2 Å². The lowest BCUT2D eigenvalue weighted by Gasteiger charge is -2.41. The van der Waals surface area contributed by atoms with Crippen LogP contribution in [0.15, 0.2) is 48.5 Å². The standard InChI is InChI=1S/C32H43N5O3/c1-35-17-19-36(20-18-35)23-13-11-22(12-14-23)31(38)34-28-10-6-4-8-26(28)32(39)37-16-15-25-29(21-40-2)33-27-9-5-3-7-24(27)30(25)37/h3,5,7,9,11-14,25-26,28-30,33H,4,6,8,10,15-21H2,1-2H3,(H,34,38)/t25-,26-,28+,29-,30-/m0/s1. The second-order valence-corrected chi connectivity index (χ2v) is 12.0. The van der Waals surface area contributed by atoms with Crippen molar-refractivity contribution in [3.05, 3.63) is 59.7 Å². The first-order valence-corrected chi connectivity index (χ1v) is 15.0. The maximum Gasteiger partial charge on any atom is 0.251 e. The Morgan fingerprint density at radius 1 is 0.950 bits per heavy atom. The summed E-state index contributed by atoms with van der Waals surface area (Å²) in [6.45, 7) is 5.46. The molecule has 214 valence electrons. The van der Waals surface area contributed by atoms with Crippen LogP contribution in [0, 0.1) is 11.8 Å². The summed E-state index contributed by atoms with van der Waals surface area (Å²) in [5.41, 5.74) is 4.11. The SMILES string of the molecule is COC[C@@H]1Nc2ccccc2[C@H]2[C@H]1CCN2C(=O)[C@H]1CCCC[C@H]1NC(=O)c1ccc(N2CCN(C)CC2)cc1. The van der Waals surface area contributed by atoms with Crippen LogP contribution in [0.3, 0.4) is 0 Å². The van der Waals surface area contributed by atoms with Crippen molar-refractivity contribution in [1.82, 2.24) is 15.1 Å². The molecular weight excluding hydrogens is 502 g/mol. The first-order valence-electron chi connectivity index (χ1n) is 15.0. The van der Waals surface area contributed by atoms with Gasteiger partial charge in [-0.25, -0.2) is 0 Å². The normalized spacial score (nSPS) is 28.4. The van der Waals surface area contributed by atoms with E-state index in [2.05, 4.69) is 62.7 Å². The molecule has 2 N–H and O–H groups in total. The van der Waals surface area contributed by atoms with Gasteiger partial charge in [0.05, 0.1) is 24.6 Å². The molecule has 0 radical (unpaired) electrons. The average Bonchev–Trinajstić information content (AvgIpc) is 3.44. The fourth-order valence-electron chi connectivity index (χ4n) is 7.37. The number of nitrogens with one attached hydrogen (secondary N) is 2. The van der Waals surface area contributed by atoms with E-state index in [-0.39, 0.29) is 35.9 Å². The summed E-state index contributed by atoms with van der Waals surface area (Å²) in [6, 6.07) is 16.4. The molecule has 0 spiro atoms. The van der Waals surface area contributed by atoms with Gasteiger partial charge in [-0.15, -0.1) is 0 Å². The fraction of sp³-hybridized carbons (Fsp3) is 0.562. The van der Waals surface area contributed by atoms with E-state index in [9.17, 15) is 9.59 Å². The van der Waals surface area contributed by atoms with Crippen LogP contribution in [0.2, 0.25) is 0 Å². The lowest BCUT2D eigenvalue weighted by atomic mass is 9.81. The number of amides is 2. The van der Waals surface area contributed by atoms with Crippen molar-refractivity contribution in [3.8, 4) is 0 Å². The van der Waals surface area contributed by atoms with Crippen molar-refractivity contribution >= 4 is 23.2 Å². The molecule has 4 aliphatic rings. The van der Waals surface area contributed by atoms with Crippen molar-refractivity contribution in [2.75, 3.05) is 63.7 Å². The Kier molecular flexibility index (Phi) is 7.98. The number of nitrogens with zero attached hydrogens (tertiary/aromatic N) is 3. The first kappa shape index (κ1) is 27.1. The molecule has 8 heteroatoms.